The van der Waals surface area contributed by atoms with E-state index in [4.69, 9.17) is 4.98 Å². The molecule has 0 spiro atoms. The fraction of sp³-hybridized carbons (Fsp3) is 0.0455. The molecule has 0 aliphatic heterocycles. The summed E-state index contributed by atoms with van der Waals surface area (Å²) in [4.78, 5) is 9.74. The molecule has 4 heteroatoms. The fourth-order valence-electron chi connectivity index (χ4n) is 7.76. The Kier molecular flexibility index (Phi) is 5.82. The molecule has 0 radical (unpaired) electrons. The van der Waals surface area contributed by atoms with E-state index >= 15 is 0 Å². The Labute approximate surface area is 278 Å². The van der Waals surface area contributed by atoms with Crippen molar-refractivity contribution in [3.05, 3.63) is 163 Å². The predicted molar refractivity (Wildman–Crippen MR) is 197 cm³/mol. The molecule has 0 saturated carbocycles. The van der Waals surface area contributed by atoms with E-state index in [1.54, 1.807) is 0 Å². The van der Waals surface area contributed by atoms with Gasteiger partial charge in [-0.3, -0.25) is 4.98 Å². The van der Waals surface area contributed by atoms with Gasteiger partial charge < -0.3 is 9.13 Å². The fourth-order valence-corrected chi connectivity index (χ4v) is 7.76. The number of benzene rings is 6. The molecule has 0 bridgehead atoms. The van der Waals surface area contributed by atoms with E-state index in [0.29, 0.717) is 0 Å². The standard InChI is InChI=1S/C44H30N4/c1-47-41-18-5-4-17-40(41)46-44(47)31-20-22-37-38-15-9-14-36(29-19-21-35-32(25-29)24-28-10-2-3-13-34(28)35)43(38)48(42(37)27-31)33-12-8-11-30(26-33)39-16-6-7-23-45-39/h2-23,25-27H,24H2,1H3. The minimum absolute atomic E-state index is 0.954. The molecule has 3 heterocycles. The Hall–Kier alpha value is -6.26. The van der Waals surface area contributed by atoms with Crippen LogP contribution in [0.2, 0.25) is 0 Å². The SMILES string of the molecule is Cn1c(-c2ccc3c4cccc(-c5ccc6c(c5)Cc5ccccc5-6)c4n(-c4cccc(-c5ccccn5)c4)c3c2)nc2ccccc21. The van der Waals surface area contributed by atoms with Crippen molar-refractivity contribution in [2.24, 2.45) is 7.05 Å². The number of rotatable bonds is 4. The third-order valence-electron chi connectivity index (χ3n) is 10.0. The van der Waals surface area contributed by atoms with E-state index in [0.717, 1.165) is 51.3 Å². The zero-order chi connectivity index (χ0) is 31.8. The summed E-state index contributed by atoms with van der Waals surface area (Å²) >= 11 is 0. The molecule has 0 N–H and O–H groups in total. The Morgan fingerprint density at radius 1 is 0.542 bits per heavy atom. The normalized spacial score (nSPS) is 12.2. The van der Waals surface area contributed by atoms with Gasteiger partial charge in [0.2, 0.25) is 0 Å². The summed E-state index contributed by atoms with van der Waals surface area (Å²) in [5, 5.41) is 2.44. The largest absolute Gasteiger partial charge is 0.327 e. The molecule has 48 heavy (non-hydrogen) atoms. The van der Waals surface area contributed by atoms with Gasteiger partial charge in [-0.25, -0.2) is 4.98 Å². The number of pyridine rings is 1. The lowest BCUT2D eigenvalue weighted by Gasteiger charge is -2.14. The van der Waals surface area contributed by atoms with Crippen LogP contribution in [0, 0.1) is 0 Å². The summed E-state index contributed by atoms with van der Waals surface area (Å²) < 4.78 is 4.64. The summed E-state index contributed by atoms with van der Waals surface area (Å²) in [5.74, 6) is 0.954. The first-order valence-corrected chi connectivity index (χ1v) is 16.4. The Bertz CT molecular complexity index is 2710. The van der Waals surface area contributed by atoms with Crippen LogP contribution in [0.25, 0.3) is 83.4 Å². The molecule has 0 saturated heterocycles. The van der Waals surface area contributed by atoms with Crippen LogP contribution in [0.5, 0.6) is 0 Å². The highest BCUT2D eigenvalue weighted by molar-refractivity contribution is 6.14. The van der Waals surface area contributed by atoms with Crippen molar-refractivity contribution in [2.75, 3.05) is 0 Å². The van der Waals surface area contributed by atoms with E-state index < -0.39 is 0 Å². The summed E-state index contributed by atoms with van der Waals surface area (Å²) in [5.41, 5.74) is 16.6. The predicted octanol–water partition coefficient (Wildman–Crippen LogP) is 10.6. The summed E-state index contributed by atoms with van der Waals surface area (Å²) in [6, 6.07) is 52.5. The molecule has 0 unspecified atom stereocenters. The molecule has 6 aromatic carbocycles. The van der Waals surface area contributed by atoms with Crippen molar-refractivity contribution in [3.63, 3.8) is 0 Å². The van der Waals surface area contributed by atoms with Gasteiger partial charge in [-0.05, 0) is 76.7 Å². The van der Waals surface area contributed by atoms with Gasteiger partial charge in [0, 0.05) is 46.4 Å². The van der Waals surface area contributed by atoms with Crippen molar-refractivity contribution in [1.82, 2.24) is 19.1 Å². The molecular formula is C44H30N4. The lowest BCUT2D eigenvalue weighted by Crippen LogP contribution is -1.97. The molecule has 226 valence electrons. The molecule has 0 amide bonds. The van der Waals surface area contributed by atoms with Crippen LogP contribution in [0.3, 0.4) is 0 Å². The first-order valence-electron chi connectivity index (χ1n) is 16.4. The maximum atomic E-state index is 5.06. The lowest BCUT2D eigenvalue weighted by atomic mass is 9.97. The highest BCUT2D eigenvalue weighted by atomic mass is 15.1. The van der Waals surface area contributed by atoms with Gasteiger partial charge in [0.15, 0.2) is 0 Å². The number of aryl methyl sites for hydroxylation is 1. The number of fused-ring (bicyclic) bond motifs is 7. The summed E-state index contributed by atoms with van der Waals surface area (Å²) in [6.45, 7) is 0. The average Bonchev–Trinajstić information content (AvgIpc) is 3.80. The highest BCUT2D eigenvalue weighted by Crippen LogP contribution is 2.43. The van der Waals surface area contributed by atoms with Gasteiger partial charge in [0.1, 0.15) is 5.82 Å². The minimum Gasteiger partial charge on any atom is -0.327 e. The summed E-state index contributed by atoms with van der Waals surface area (Å²) in [6.07, 6.45) is 2.82. The van der Waals surface area contributed by atoms with E-state index in [-0.39, 0.29) is 0 Å². The molecule has 1 aliphatic carbocycles. The monoisotopic (exact) mass is 614 g/mol. The zero-order valence-electron chi connectivity index (χ0n) is 26.4. The van der Waals surface area contributed by atoms with Gasteiger partial charge >= 0.3 is 0 Å². The van der Waals surface area contributed by atoms with Gasteiger partial charge in [0.05, 0.1) is 27.8 Å². The third-order valence-corrected chi connectivity index (χ3v) is 10.0. The highest BCUT2D eigenvalue weighted by Gasteiger charge is 2.22. The number of nitrogens with zero attached hydrogens (tertiary/aromatic N) is 4. The molecule has 4 nitrogen and oxygen atoms in total. The molecule has 0 fully saturated rings. The molecule has 0 atom stereocenters. The van der Waals surface area contributed by atoms with Crippen molar-refractivity contribution >= 4 is 32.8 Å². The molecular weight excluding hydrogens is 585 g/mol. The lowest BCUT2D eigenvalue weighted by molar-refractivity contribution is 0.959. The molecule has 10 rings (SSSR count). The van der Waals surface area contributed by atoms with Gasteiger partial charge in [0.25, 0.3) is 0 Å². The van der Waals surface area contributed by atoms with Gasteiger partial charge in [-0.1, -0.05) is 103 Å². The van der Waals surface area contributed by atoms with Crippen molar-refractivity contribution in [2.45, 2.75) is 6.42 Å². The van der Waals surface area contributed by atoms with E-state index in [9.17, 15) is 0 Å². The maximum absolute atomic E-state index is 5.06. The van der Waals surface area contributed by atoms with E-state index in [1.807, 2.05) is 24.4 Å². The minimum atomic E-state index is 0.954. The van der Waals surface area contributed by atoms with Crippen LogP contribution < -0.4 is 0 Å². The van der Waals surface area contributed by atoms with Crippen molar-refractivity contribution in [1.29, 1.82) is 0 Å². The topological polar surface area (TPSA) is 35.6 Å². The first kappa shape index (κ1) is 26.9. The van der Waals surface area contributed by atoms with Gasteiger partial charge in [-0.2, -0.15) is 0 Å². The van der Waals surface area contributed by atoms with Crippen molar-refractivity contribution < 1.29 is 0 Å². The second-order valence-electron chi connectivity index (χ2n) is 12.7. The van der Waals surface area contributed by atoms with Crippen LogP contribution in [0.1, 0.15) is 11.1 Å². The molecule has 1 aliphatic rings. The van der Waals surface area contributed by atoms with E-state index in [2.05, 4.69) is 149 Å². The zero-order valence-corrected chi connectivity index (χ0v) is 26.4. The third kappa shape index (κ3) is 4.02. The van der Waals surface area contributed by atoms with Crippen LogP contribution >= 0.6 is 0 Å². The second kappa shape index (κ2) is 10.4. The summed E-state index contributed by atoms with van der Waals surface area (Å²) in [7, 11) is 2.10. The Morgan fingerprint density at radius 3 is 2.27 bits per heavy atom. The second-order valence-corrected chi connectivity index (χ2v) is 12.7. The number of aromatic nitrogens is 4. The quantitative estimate of drug-likeness (QED) is 0.198. The number of imidazole rings is 1. The molecule has 9 aromatic rings. The molecule has 3 aromatic heterocycles. The Balaban J connectivity index is 1.24. The number of para-hydroxylation sites is 3. The van der Waals surface area contributed by atoms with Crippen molar-refractivity contribution in [3.8, 4) is 50.6 Å². The average molecular weight is 615 g/mol. The smallest absolute Gasteiger partial charge is 0.140 e. The van der Waals surface area contributed by atoms with Crippen LogP contribution in [0.4, 0.5) is 0 Å². The first-order chi connectivity index (χ1) is 23.7. The van der Waals surface area contributed by atoms with E-state index in [1.165, 1.54) is 49.7 Å². The van der Waals surface area contributed by atoms with Crippen LogP contribution in [-0.4, -0.2) is 19.1 Å². The Morgan fingerprint density at radius 2 is 1.35 bits per heavy atom. The number of hydrogen-bond acceptors (Lipinski definition) is 2. The van der Waals surface area contributed by atoms with Crippen LogP contribution in [0.15, 0.2) is 152 Å². The van der Waals surface area contributed by atoms with Gasteiger partial charge in [-0.15, -0.1) is 0 Å². The maximum Gasteiger partial charge on any atom is 0.140 e. The van der Waals surface area contributed by atoms with Crippen LogP contribution in [-0.2, 0) is 13.5 Å². The number of hydrogen-bond donors (Lipinski definition) is 0.